The van der Waals surface area contributed by atoms with Crippen molar-refractivity contribution in [3.8, 4) is 5.75 Å². The molecule has 22 N–H and O–H groups in total. The molecule has 2 heterocycles. The topological polar surface area (TPSA) is 634 Å². The van der Waals surface area contributed by atoms with E-state index in [4.69, 9.17) is 11.5 Å². The Bertz CT molecular complexity index is 4840. The molecule has 126 heavy (non-hydrogen) atoms. The molecular formula is C84H105N15O24S3. The summed E-state index contributed by atoms with van der Waals surface area (Å²) < 4.78 is 0. The molecule has 5 aromatic carbocycles. The van der Waals surface area contributed by atoms with Gasteiger partial charge in [-0.1, -0.05) is 124 Å². The van der Waals surface area contributed by atoms with E-state index in [9.17, 15) is 107 Å². The molecule has 5 aromatic rings. The van der Waals surface area contributed by atoms with Gasteiger partial charge in [-0.05, 0) is 94.8 Å². The molecule has 0 saturated carbocycles. The van der Waals surface area contributed by atoms with Gasteiger partial charge in [0.1, 0.15) is 84.3 Å². The van der Waals surface area contributed by atoms with E-state index in [-0.39, 0.29) is 52.9 Å². The maximum Gasteiger partial charge on any atom is 0.305 e. The normalized spacial score (nSPS) is 23.7. The van der Waals surface area contributed by atoms with Crippen LogP contribution in [0.4, 0.5) is 0 Å². The Balaban J connectivity index is 1.36. The molecule has 678 valence electrons. The average molecular weight is 1810 g/mol. The van der Waals surface area contributed by atoms with Crippen molar-refractivity contribution in [3.05, 3.63) is 149 Å². The molecule has 0 fully saturated rings. The second-order valence-electron chi connectivity index (χ2n) is 31.3. The number of nitrogens with two attached hydrogens (primary N) is 2. The fourth-order valence-corrected chi connectivity index (χ4v) is 16.2. The molecule has 1 unspecified atom stereocenters. The fraction of sp³-hybridized carbons (Fsp3) is 0.440. The van der Waals surface area contributed by atoms with Crippen molar-refractivity contribution in [2.75, 3.05) is 17.3 Å². The maximum absolute atomic E-state index is 15.2. The number of thioether (sulfide) groups is 3. The highest BCUT2D eigenvalue weighted by atomic mass is 32.2. The summed E-state index contributed by atoms with van der Waals surface area (Å²) in [6.07, 6.45) is -8.08. The zero-order chi connectivity index (χ0) is 92.6. The van der Waals surface area contributed by atoms with Crippen molar-refractivity contribution in [1.82, 2.24) is 69.1 Å². The summed E-state index contributed by atoms with van der Waals surface area (Å²) in [5.41, 5.74) is 13.1. The van der Waals surface area contributed by atoms with Gasteiger partial charge in [0.25, 0.3) is 0 Å². The number of carbonyl (C=O) groups excluding carboxylic acids is 15. The van der Waals surface area contributed by atoms with Crippen molar-refractivity contribution in [2.45, 2.75) is 207 Å². The molecule has 2 aliphatic heterocycles. The summed E-state index contributed by atoms with van der Waals surface area (Å²) in [5.74, 6) is -23.4. The molecule has 4 bridgehead atoms. The average Bonchev–Trinajstić information content (AvgIpc) is 0.815. The molecule has 0 aliphatic carbocycles. The van der Waals surface area contributed by atoms with Crippen LogP contribution in [-0.2, 0) is 128 Å². The van der Waals surface area contributed by atoms with Crippen LogP contribution in [-0.4, -0.2) is 234 Å². The van der Waals surface area contributed by atoms with Gasteiger partial charge in [0.05, 0.1) is 12.8 Å². The molecule has 42 heteroatoms. The summed E-state index contributed by atoms with van der Waals surface area (Å²) in [5, 5.41) is 83.9. The minimum atomic E-state index is -2.19. The second kappa shape index (κ2) is 48.4. The van der Waals surface area contributed by atoms with E-state index in [1.165, 1.54) is 62.0 Å². The first-order valence-electron chi connectivity index (χ1n) is 40.1. The highest BCUT2D eigenvalue weighted by molar-refractivity contribution is 7.99. The Hall–Kier alpha value is -12.9. The number of nitrogens with one attached hydrogen (secondary N) is 13. The smallest absolute Gasteiger partial charge is 0.305 e. The lowest BCUT2D eigenvalue weighted by Crippen LogP contribution is -2.62. The highest BCUT2D eigenvalue weighted by Crippen LogP contribution is 2.27. The van der Waals surface area contributed by atoms with Gasteiger partial charge in [-0.25, -0.2) is 0 Å². The van der Waals surface area contributed by atoms with Crippen molar-refractivity contribution in [3.63, 3.8) is 0 Å². The van der Waals surface area contributed by atoms with Crippen LogP contribution in [0.15, 0.2) is 115 Å². The number of carboxylic acids is 4. The third kappa shape index (κ3) is 33.0. The first-order chi connectivity index (χ1) is 59.6. The molecule has 0 radical (unpaired) electrons. The quantitative estimate of drug-likeness (QED) is 0.0454. The molecule has 13 atom stereocenters. The molecule has 2 aliphatic rings. The summed E-state index contributed by atoms with van der Waals surface area (Å²) in [4.78, 5) is 266. The summed E-state index contributed by atoms with van der Waals surface area (Å²) in [7, 11) is 0. The van der Waals surface area contributed by atoms with Crippen LogP contribution in [0.25, 0.3) is 10.8 Å². The van der Waals surface area contributed by atoms with Crippen LogP contribution in [0, 0.1) is 5.41 Å². The van der Waals surface area contributed by atoms with E-state index in [0.29, 0.717) is 38.6 Å². The second-order valence-corrected chi connectivity index (χ2v) is 34.5. The number of phenolic OH excluding ortho intramolecular Hbond substituents is 1. The van der Waals surface area contributed by atoms with E-state index >= 15 is 9.59 Å². The number of aromatic hydroxyl groups is 1. The number of rotatable bonds is 20. The Kier molecular flexibility index (Phi) is 38.5. The fourth-order valence-electron chi connectivity index (χ4n) is 13.3. The molecule has 15 amide bonds. The Morgan fingerprint density at radius 3 is 1.33 bits per heavy atom. The van der Waals surface area contributed by atoms with Crippen molar-refractivity contribution < 1.29 is 117 Å². The van der Waals surface area contributed by atoms with Gasteiger partial charge >= 0.3 is 23.9 Å². The molecule has 0 aromatic heterocycles. The SMILES string of the molecule is C[C@H]1NC(=O)CCSCc2cc3cc(c2)CSC[C@@H](NC(=O)[C@@H](C)NC(=O)[C@H](Cc2cccc4ccccc24)NC(=O)[C@H](CCC(=O)O)NC(=O)[C@H](CC(N)=O)NC1=O)C(=O)N[C@@H](CCC(=O)O)C(=O)N[C@@H](CC(=O)O)C(=O)N[C@@H](Cc1ccccc1)C(=O)N[C@@H](Cc1ccc(O)cc1)C(=O)N[C@@H](CCC(=O)O)C(=O)N[C@@H](C(C)(C)C)C(=O)NC(C(N)=O)CSC3. The largest absolute Gasteiger partial charge is 0.508 e. The van der Waals surface area contributed by atoms with E-state index in [1.54, 1.807) is 99.6 Å². The number of hydrogen-bond acceptors (Lipinski definition) is 23. The van der Waals surface area contributed by atoms with Gasteiger partial charge in [-0.2, -0.15) is 35.3 Å². The number of amides is 15. The third-order valence-electron chi connectivity index (χ3n) is 19.9. The van der Waals surface area contributed by atoms with Gasteiger partial charge in [-0.15, -0.1) is 0 Å². The molecule has 0 spiro atoms. The molecule has 0 saturated heterocycles. The van der Waals surface area contributed by atoms with Gasteiger partial charge in [0, 0.05) is 79.5 Å². The predicted octanol–water partition coefficient (Wildman–Crippen LogP) is -0.792. The minimum Gasteiger partial charge on any atom is -0.508 e. The number of carboxylic acid groups (broad SMARTS) is 4. The number of fused-ring (bicyclic) bond motifs is 6. The number of carbonyl (C=O) groups is 19. The van der Waals surface area contributed by atoms with E-state index in [1.807, 2.05) is 0 Å². The lowest BCUT2D eigenvalue weighted by molar-refractivity contribution is -0.142. The number of phenols is 1. The zero-order valence-corrected chi connectivity index (χ0v) is 72.0. The summed E-state index contributed by atoms with van der Waals surface area (Å²) >= 11 is 3.37. The minimum absolute atomic E-state index is 0.0216. The van der Waals surface area contributed by atoms with Gasteiger partial charge < -0.3 is 106 Å². The number of primary amides is 2. The Morgan fingerprint density at radius 2 is 0.810 bits per heavy atom. The maximum atomic E-state index is 15.2. The molecule has 39 nitrogen and oxygen atoms in total. The van der Waals surface area contributed by atoms with Crippen LogP contribution in [0.2, 0.25) is 0 Å². The van der Waals surface area contributed by atoms with E-state index < -0.39 is 266 Å². The highest BCUT2D eigenvalue weighted by Gasteiger charge is 2.41. The summed E-state index contributed by atoms with van der Waals surface area (Å²) in [6, 6.07) is 7.39. The Morgan fingerprint density at radius 1 is 0.397 bits per heavy atom. The van der Waals surface area contributed by atoms with Crippen molar-refractivity contribution in [2.24, 2.45) is 16.9 Å². The number of benzene rings is 5. The van der Waals surface area contributed by atoms with Crippen LogP contribution < -0.4 is 80.6 Å². The van der Waals surface area contributed by atoms with Crippen molar-refractivity contribution >= 4 is 159 Å². The molecule has 7 rings (SSSR count). The standard InChI is InChI=1S/C84H105N15O24S3/c1-43-72(112)92-60(36-64(85)101)80(120)89-54(22-25-66(103)104)74(114)95-59(35-51-16-11-15-50-14-9-10-17-53(50)51)77(117)88-44(2)73(113)98-63-42-126-40-49-31-47(38-124-29-28-65(102)87-43)30-48(32-49)39-125-41-62(71(86)111)97-83(123)70(84(3,4)5)99-76(116)56(24-27-68(107)108)90-78(118)58(34-46-18-20-52(100)21-19-46)93-79(119)57(33-45-12-7-6-8-13-45)94-81(121)61(37-69(109)110)96-75(115)55(91-82(63)122)23-26-67(105)106/h6-21,30-32,43-44,54-63,70,100H,22-29,33-42H2,1-5H3,(H2,85,101)(H2,86,111)(H,87,102)(H,88,117)(H,89,120)(H,90,118)(H,91,122)(H,92,112)(H,93,119)(H,94,121)(H,95,114)(H,96,115)(H,97,123)(H,98,113)(H,99,116)(H,103,104)(H,105,106)(H,107,108)(H,109,110)/t43-,44-,54+,55+,56+,57+,58+,59+,60+,61+,62?,63-,70-/m1/s1. The lowest BCUT2D eigenvalue weighted by Gasteiger charge is -2.33. The Labute approximate surface area is 736 Å². The van der Waals surface area contributed by atoms with Crippen molar-refractivity contribution in [1.29, 1.82) is 0 Å². The first-order valence-corrected chi connectivity index (χ1v) is 43.6. The first kappa shape index (κ1) is 100. The molecular weight excluding hydrogens is 1700 g/mol. The monoisotopic (exact) mass is 1800 g/mol. The van der Waals surface area contributed by atoms with Gasteiger partial charge in [0.2, 0.25) is 88.6 Å². The number of hydrogen-bond donors (Lipinski definition) is 20. The third-order valence-corrected chi connectivity index (χ3v) is 23.2. The lowest BCUT2D eigenvalue weighted by atomic mass is 9.85. The summed E-state index contributed by atoms with van der Waals surface area (Å²) in [6.45, 7) is 7.11. The van der Waals surface area contributed by atoms with E-state index in [2.05, 4.69) is 69.1 Å². The number of aliphatic carboxylic acids is 4. The van der Waals surface area contributed by atoms with Gasteiger partial charge in [0.15, 0.2) is 0 Å². The predicted molar refractivity (Wildman–Crippen MR) is 461 cm³/mol. The van der Waals surface area contributed by atoms with Crippen LogP contribution in [0.1, 0.15) is 126 Å². The van der Waals surface area contributed by atoms with Crippen LogP contribution in [0.5, 0.6) is 5.75 Å². The van der Waals surface area contributed by atoms with Crippen LogP contribution in [0.3, 0.4) is 0 Å². The van der Waals surface area contributed by atoms with E-state index in [0.717, 1.165) is 23.5 Å². The van der Waals surface area contributed by atoms with Gasteiger partial charge in [-0.3, -0.25) is 91.1 Å². The van der Waals surface area contributed by atoms with Crippen LogP contribution >= 0.6 is 35.3 Å². The zero-order valence-electron chi connectivity index (χ0n) is 69.6.